The second kappa shape index (κ2) is 7.98. The van der Waals surface area contributed by atoms with Crippen LogP contribution in [0.4, 0.5) is 11.4 Å². The number of anilines is 2. The molecular weight excluding hydrogens is 333 g/mol. The van der Waals surface area contributed by atoms with Gasteiger partial charge in [0, 0.05) is 24.4 Å². The minimum absolute atomic E-state index is 0. The SMILES string of the molecule is CN1CCOc2ccc(NC(=O)C3CSCN3)cc21.Cl.Cl. The number of nitrogens with zero attached hydrogens (tertiary/aromatic N) is 1. The molecule has 21 heavy (non-hydrogen) atoms. The van der Waals surface area contributed by atoms with Crippen molar-refractivity contribution >= 4 is 53.9 Å². The molecule has 1 aromatic rings. The van der Waals surface area contributed by atoms with Crippen molar-refractivity contribution in [1.82, 2.24) is 5.32 Å². The standard InChI is InChI=1S/C13H17N3O2S.2ClH/c1-16-4-5-18-12-3-2-9(6-11(12)16)15-13(17)10-7-19-8-14-10;;/h2-3,6,10,14H,4-5,7-8H2,1H3,(H,15,17);2*1H. The van der Waals surface area contributed by atoms with Gasteiger partial charge in [0.15, 0.2) is 0 Å². The van der Waals surface area contributed by atoms with Gasteiger partial charge < -0.3 is 15.0 Å². The number of thioether (sulfide) groups is 1. The van der Waals surface area contributed by atoms with Crippen molar-refractivity contribution in [3.63, 3.8) is 0 Å². The summed E-state index contributed by atoms with van der Waals surface area (Å²) in [6.07, 6.45) is 0. The molecule has 118 valence electrons. The number of ether oxygens (including phenoxy) is 1. The second-order valence-corrected chi connectivity index (χ2v) is 5.74. The van der Waals surface area contributed by atoms with E-state index in [-0.39, 0.29) is 36.8 Å². The number of fused-ring (bicyclic) bond motifs is 1. The third-order valence-corrected chi connectivity index (χ3v) is 4.29. The molecule has 2 aliphatic rings. The molecule has 1 saturated heterocycles. The number of rotatable bonds is 2. The number of carbonyl (C=O) groups is 1. The van der Waals surface area contributed by atoms with Crippen LogP contribution in [0.2, 0.25) is 0 Å². The number of hydrogen-bond donors (Lipinski definition) is 2. The summed E-state index contributed by atoms with van der Waals surface area (Å²) in [5.74, 6) is 2.59. The van der Waals surface area contributed by atoms with Gasteiger partial charge in [-0.05, 0) is 18.2 Å². The van der Waals surface area contributed by atoms with Gasteiger partial charge in [-0.1, -0.05) is 0 Å². The van der Waals surface area contributed by atoms with Gasteiger partial charge in [0.1, 0.15) is 12.4 Å². The van der Waals surface area contributed by atoms with Crippen molar-refractivity contribution in [3.8, 4) is 5.75 Å². The van der Waals surface area contributed by atoms with Crippen molar-refractivity contribution in [3.05, 3.63) is 18.2 Å². The topological polar surface area (TPSA) is 53.6 Å². The van der Waals surface area contributed by atoms with E-state index in [0.717, 1.165) is 35.3 Å². The summed E-state index contributed by atoms with van der Waals surface area (Å²) in [7, 11) is 2.03. The maximum atomic E-state index is 12.0. The van der Waals surface area contributed by atoms with E-state index < -0.39 is 0 Å². The molecule has 5 nitrogen and oxygen atoms in total. The predicted octanol–water partition coefficient (Wildman–Crippen LogP) is 1.96. The number of carbonyl (C=O) groups excluding carboxylic acids is 1. The maximum absolute atomic E-state index is 12.0. The van der Waals surface area contributed by atoms with Crippen molar-refractivity contribution in [1.29, 1.82) is 0 Å². The molecule has 1 amide bonds. The van der Waals surface area contributed by atoms with E-state index in [0.29, 0.717) is 6.61 Å². The number of benzene rings is 1. The van der Waals surface area contributed by atoms with Crippen molar-refractivity contribution < 1.29 is 9.53 Å². The normalized spacial score (nSPS) is 19.7. The quantitative estimate of drug-likeness (QED) is 0.852. The lowest BCUT2D eigenvalue weighted by atomic mass is 10.2. The Hall–Kier alpha value is -0.820. The zero-order chi connectivity index (χ0) is 13.2. The largest absolute Gasteiger partial charge is 0.490 e. The first-order valence-electron chi connectivity index (χ1n) is 6.34. The van der Waals surface area contributed by atoms with Gasteiger partial charge in [-0.3, -0.25) is 10.1 Å². The van der Waals surface area contributed by atoms with Crippen LogP contribution in [0.25, 0.3) is 0 Å². The number of nitrogens with one attached hydrogen (secondary N) is 2. The molecule has 3 rings (SSSR count). The first kappa shape index (κ1) is 18.2. The van der Waals surface area contributed by atoms with E-state index >= 15 is 0 Å². The van der Waals surface area contributed by atoms with Crippen molar-refractivity contribution in [2.45, 2.75) is 6.04 Å². The van der Waals surface area contributed by atoms with Gasteiger partial charge in [-0.2, -0.15) is 0 Å². The summed E-state index contributed by atoms with van der Waals surface area (Å²) in [5, 5.41) is 6.12. The summed E-state index contributed by atoms with van der Waals surface area (Å²) in [5.41, 5.74) is 1.85. The minimum Gasteiger partial charge on any atom is -0.490 e. The molecule has 0 bridgehead atoms. The van der Waals surface area contributed by atoms with E-state index in [4.69, 9.17) is 4.74 Å². The molecule has 2 N–H and O–H groups in total. The fourth-order valence-corrected chi connectivity index (χ4v) is 3.16. The fourth-order valence-electron chi connectivity index (χ4n) is 2.22. The van der Waals surface area contributed by atoms with Crippen molar-refractivity contribution in [2.75, 3.05) is 42.0 Å². The Bertz CT molecular complexity index is 498. The van der Waals surface area contributed by atoms with Crippen LogP contribution in [-0.4, -0.2) is 43.8 Å². The van der Waals surface area contributed by atoms with E-state index in [1.54, 1.807) is 11.8 Å². The lowest BCUT2D eigenvalue weighted by Crippen LogP contribution is -2.37. The first-order chi connectivity index (χ1) is 9.24. The Morgan fingerprint density at radius 2 is 2.29 bits per heavy atom. The predicted molar refractivity (Wildman–Crippen MR) is 92.6 cm³/mol. The molecule has 1 aromatic carbocycles. The Morgan fingerprint density at radius 1 is 1.48 bits per heavy atom. The average molecular weight is 352 g/mol. The number of halogens is 2. The summed E-state index contributed by atoms with van der Waals surface area (Å²) in [6.45, 7) is 1.57. The van der Waals surface area contributed by atoms with Gasteiger partial charge in [-0.25, -0.2) is 0 Å². The van der Waals surface area contributed by atoms with E-state index in [2.05, 4.69) is 15.5 Å². The molecular formula is C13H19Cl2N3O2S. The van der Waals surface area contributed by atoms with Crippen LogP contribution >= 0.6 is 36.6 Å². The Kier molecular flexibility index (Phi) is 6.93. The fraction of sp³-hybridized carbons (Fsp3) is 0.462. The van der Waals surface area contributed by atoms with Crippen molar-refractivity contribution in [2.24, 2.45) is 0 Å². The van der Waals surface area contributed by atoms with Gasteiger partial charge in [0.25, 0.3) is 0 Å². The highest BCUT2D eigenvalue weighted by Crippen LogP contribution is 2.33. The molecule has 1 unspecified atom stereocenters. The highest BCUT2D eigenvalue weighted by atomic mass is 35.5. The Labute approximate surface area is 141 Å². The van der Waals surface area contributed by atoms with Gasteiger partial charge in [0.05, 0.1) is 18.3 Å². The minimum atomic E-state index is -0.0880. The van der Waals surface area contributed by atoms with Crippen LogP contribution < -0.4 is 20.3 Å². The maximum Gasteiger partial charge on any atom is 0.242 e. The third kappa shape index (κ3) is 4.10. The van der Waals surface area contributed by atoms with Crippen LogP contribution in [0, 0.1) is 0 Å². The number of amides is 1. The van der Waals surface area contributed by atoms with Gasteiger partial charge >= 0.3 is 0 Å². The molecule has 2 heterocycles. The molecule has 1 atom stereocenters. The summed E-state index contributed by atoms with van der Waals surface area (Å²) < 4.78 is 5.58. The highest BCUT2D eigenvalue weighted by Gasteiger charge is 2.23. The van der Waals surface area contributed by atoms with Crippen LogP contribution in [-0.2, 0) is 4.79 Å². The lowest BCUT2D eigenvalue weighted by molar-refractivity contribution is -0.117. The molecule has 0 aromatic heterocycles. The molecule has 2 aliphatic heterocycles. The molecule has 1 fully saturated rings. The van der Waals surface area contributed by atoms with Crippen LogP contribution in [0.1, 0.15) is 0 Å². The van der Waals surface area contributed by atoms with E-state index in [9.17, 15) is 4.79 Å². The zero-order valence-corrected chi connectivity index (χ0v) is 14.1. The molecule has 0 aliphatic carbocycles. The van der Waals surface area contributed by atoms with Gasteiger partial charge in [0.2, 0.25) is 5.91 Å². The monoisotopic (exact) mass is 351 g/mol. The molecule has 0 spiro atoms. The molecule has 8 heteroatoms. The van der Waals surface area contributed by atoms with E-state index in [1.165, 1.54) is 0 Å². The smallest absolute Gasteiger partial charge is 0.242 e. The third-order valence-electron chi connectivity index (χ3n) is 3.35. The number of likely N-dealkylation sites (N-methyl/N-ethyl adjacent to an activating group) is 1. The van der Waals surface area contributed by atoms with Crippen LogP contribution in [0.15, 0.2) is 18.2 Å². The van der Waals surface area contributed by atoms with Crippen LogP contribution in [0.5, 0.6) is 5.75 Å². The lowest BCUT2D eigenvalue weighted by Gasteiger charge is -2.28. The first-order valence-corrected chi connectivity index (χ1v) is 7.49. The molecule has 0 saturated carbocycles. The average Bonchev–Trinajstić information content (AvgIpc) is 2.94. The zero-order valence-electron chi connectivity index (χ0n) is 11.6. The Morgan fingerprint density at radius 3 is 3.00 bits per heavy atom. The highest BCUT2D eigenvalue weighted by molar-refractivity contribution is 7.99. The number of hydrogen-bond acceptors (Lipinski definition) is 5. The second-order valence-electron chi connectivity index (χ2n) is 4.71. The summed E-state index contributed by atoms with van der Waals surface area (Å²) >= 11 is 1.74. The molecule has 0 radical (unpaired) electrons. The summed E-state index contributed by atoms with van der Waals surface area (Å²) in [4.78, 5) is 14.2. The van der Waals surface area contributed by atoms with E-state index in [1.807, 2.05) is 25.2 Å². The summed E-state index contributed by atoms with van der Waals surface area (Å²) in [6, 6.07) is 5.68. The van der Waals surface area contributed by atoms with Gasteiger partial charge in [-0.15, -0.1) is 36.6 Å². The Balaban J connectivity index is 0.00000110. The van der Waals surface area contributed by atoms with Crippen LogP contribution in [0.3, 0.4) is 0 Å².